The molecule has 1 aliphatic heterocycles. The molecule has 1 amide bonds. The number of guanidine groups is 1. The van der Waals surface area contributed by atoms with Crippen LogP contribution in [0.4, 0.5) is 0 Å². The minimum Gasteiger partial charge on any atom is -0.357 e. The molecule has 1 heterocycles. The molecule has 0 aliphatic carbocycles. The third-order valence-corrected chi connectivity index (χ3v) is 4.59. The van der Waals surface area contributed by atoms with Crippen LogP contribution in [0, 0.1) is 5.92 Å². The van der Waals surface area contributed by atoms with Crippen LogP contribution in [0.5, 0.6) is 0 Å². The summed E-state index contributed by atoms with van der Waals surface area (Å²) in [6.45, 7) is 15.4. The van der Waals surface area contributed by atoms with Crippen molar-refractivity contribution in [2.24, 2.45) is 10.9 Å². The van der Waals surface area contributed by atoms with E-state index < -0.39 is 0 Å². The molecule has 1 unspecified atom stereocenters. The lowest BCUT2D eigenvalue weighted by Gasteiger charge is -2.26. The number of nitrogens with zero attached hydrogens (tertiary/aromatic N) is 4. The monoisotopic (exact) mass is 339 g/mol. The van der Waals surface area contributed by atoms with Crippen LogP contribution in [0.1, 0.15) is 40.5 Å². The molecular weight excluding hydrogens is 302 g/mol. The largest absolute Gasteiger partial charge is 0.357 e. The molecule has 24 heavy (non-hydrogen) atoms. The highest BCUT2D eigenvalue weighted by Crippen LogP contribution is 2.16. The number of aliphatic imine (C=N–C) groups is 1. The zero-order chi connectivity index (χ0) is 17.9. The highest BCUT2D eigenvalue weighted by molar-refractivity contribution is 5.86. The summed E-state index contributed by atoms with van der Waals surface area (Å²) in [5, 5.41) is 3.31. The molecule has 0 aromatic carbocycles. The van der Waals surface area contributed by atoms with Gasteiger partial charge in [0.1, 0.15) is 0 Å². The second-order valence-corrected chi connectivity index (χ2v) is 6.57. The molecule has 140 valence electrons. The van der Waals surface area contributed by atoms with Crippen molar-refractivity contribution in [3.63, 3.8) is 0 Å². The van der Waals surface area contributed by atoms with Crippen LogP contribution in [0.15, 0.2) is 4.99 Å². The third-order valence-electron chi connectivity index (χ3n) is 4.59. The maximum absolute atomic E-state index is 12.3. The molecule has 1 N–H and O–H groups in total. The van der Waals surface area contributed by atoms with Crippen LogP contribution >= 0.6 is 0 Å². The number of carbonyl (C=O) groups excluding carboxylic acids is 1. The fourth-order valence-electron chi connectivity index (χ4n) is 3.22. The molecule has 0 aromatic heterocycles. The predicted molar refractivity (Wildman–Crippen MR) is 101 cm³/mol. The highest BCUT2D eigenvalue weighted by atomic mass is 16.2. The normalized spacial score (nSPS) is 18.7. The van der Waals surface area contributed by atoms with Crippen LogP contribution in [-0.2, 0) is 4.79 Å². The average Bonchev–Trinajstić information content (AvgIpc) is 3.00. The summed E-state index contributed by atoms with van der Waals surface area (Å²) in [5.74, 6) is 1.63. The van der Waals surface area contributed by atoms with E-state index in [0.717, 1.165) is 38.7 Å². The lowest BCUT2D eigenvalue weighted by atomic mass is 10.1. The topological polar surface area (TPSA) is 51.2 Å². The van der Waals surface area contributed by atoms with Crippen LogP contribution in [0.3, 0.4) is 0 Å². The first kappa shape index (κ1) is 20.7. The van der Waals surface area contributed by atoms with Crippen LogP contribution in [-0.4, -0.2) is 86.0 Å². The van der Waals surface area contributed by atoms with E-state index >= 15 is 0 Å². The molecule has 6 nitrogen and oxygen atoms in total. The maximum Gasteiger partial charge on any atom is 0.242 e. The van der Waals surface area contributed by atoms with Crippen molar-refractivity contribution in [1.29, 1.82) is 0 Å². The lowest BCUT2D eigenvalue weighted by molar-refractivity contribution is -0.131. The van der Waals surface area contributed by atoms with Gasteiger partial charge in [-0.15, -0.1) is 0 Å². The number of hydrogen-bond donors (Lipinski definition) is 1. The number of likely N-dealkylation sites (tertiary alicyclic amines) is 1. The van der Waals surface area contributed by atoms with Crippen molar-refractivity contribution in [2.75, 3.05) is 59.4 Å². The van der Waals surface area contributed by atoms with Crippen molar-refractivity contribution >= 4 is 11.9 Å². The smallest absolute Gasteiger partial charge is 0.242 e. The van der Waals surface area contributed by atoms with Crippen LogP contribution < -0.4 is 5.32 Å². The summed E-state index contributed by atoms with van der Waals surface area (Å²) in [6.07, 6.45) is 2.44. The summed E-state index contributed by atoms with van der Waals surface area (Å²) >= 11 is 0. The standard InChI is InChI=1S/C18H37N5O/c1-6-11-22-12-10-16(14-22)13-20-18(19-7-2)21(5)15-17(24)23(8-3)9-4/h16H,6-15H2,1-5H3,(H,19,20). The van der Waals surface area contributed by atoms with Crippen molar-refractivity contribution in [2.45, 2.75) is 40.5 Å². The van der Waals surface area contributed by atoms with E-state index in [2.05, 4.69) is 24.1 Å². The fourth-order valence-corrected chi connectivity index (χ4v) is 3.22. The third kappa shape index (κ3) is 6.67. The molecule has 0 bridgehead atoms. The fraction of sp³-hybridized carbons (Fsp3) is 0.889. The SMILES string of the molecule is CCCN1CCC(CN=C(NCC)N(C)CC(=O)N(CC)CC)C1. The minimum absolute atomic E-state index is 0.156. The van der Waals surface area contributed by atoms with Gasteiger partial charge in [-0.25, -0.2) is 0 Å². The summed E-state index contributed by atoms with van der Waals surface area (Å²) < 4.78 is 0. The maximum atomic E-state index is 12.3. The molecule has 1 rings (SSSR count). The summed E-state index contributed by atoms with van der Waals surface area (Å²) in [6, 6.07) is 0. The number of carbonyl (C=O) groups is 1. The van der Waals surface area contributed by atoms with Gasteiger partial charge in [-0.2, -0.15) is 0 Å². The molecule has 0 radical (unpaired) electrons. The van der Waals surface area contributed by atoms with E-state index in [4.69, 9.17) is 4.99 Å². The number of hydrogen-bond acceptors (Lipinski definition) is 3. The molecule has 0 aromatic rings. The second-order valence-electron chi connectivity index (χ2n) is 6.57. The lowest BCUT2D eigenvalue weighted by Crippen LogP contribution is -2.45. The van der Waals surface area contributed by atoms with Gasteiger partial charge in [-0.3, -0.25) is 9.79 Å². The first-order chi connectivity index (χ1) is 11.5. The average molecular weight is 340 g/mol. The number of likely N-dealkylation sites (N-methyl/N-ethyl adjacent to an activating group) is 2. The second kappa shape index (κ2) is 11.3. The Labute approximate surface area is 148 Å². The van der Waals surface area contributed by atoms with Gasteiger partial charge in [0.25, 0.3) is 0 Å². The zero-order valence-corrected chi connectivity index (χ0v) is 16.3. The van der Waals surface area contributed by atoms with Gasteiger partial charge in [0.05, 0.1) is 6.54 Å². The zero-order valence-electron chi connectivity index (χ0n) is 16.3. The van der Waals surface area contributed by atoms with Crippen molar-refractivity contribution in [3.8, 4) is 0 Å². The minimum atomic E-state index is 0.156. The predicted octanol–water partition coefficient (Wildman–Crippen LogP) is 1.48. The summed E-state index contributed by atoms with van der Waals surface area (Å²) in [7, 11) is 1.95. The molecular formula is C18H37N5O. The number of rotatable bonds is 9. The van der Waals surface area contributed by atoms with Gasteiger partial charge in [0.15, 0.2) is 5.96 Å². The Bertz CT molecular complexity index is 395. The van der Waals surface area contributed by atoms with E-state index in [-0.39, 0.29) is 5.91 Å². The van der Waals surface area contributed by atoms with E-state index in [1.165, 1.54) is 25.9 Å². The Morgan fingerprint density at radius 1 is 1.25 bits per heavy atom. The quantitative estimate of drug-likeness (QED) is 0.511. The van der Waals surface area contributed by atoms with Crippen LogP contribution in [0.25, 0.3) is 0 Å². The highest BCUT2D eigenvalue weighted by Gasteiger charge is 2.22. The molecule has 1 saturated heterocycles. The Balaban J connectivity index is 2.56. The number of nitrogens with one attached hydrogen (secondary N) is 1. The van der Waals surface area contributed by atoms with Crippen molar-refractivity contribution in [1.82, 2.24) is 20.0 Å². The van der Waals surface area contributed by atoms with E-state index in [9.17, 15) is 4.79 Å². The first-order valence-electron chi connectivity index (χ1n) is 9.55. The van der Waals surface area contributed by atoms with Gasteiger partial charge in [-0.1, -0.05) is 6.92 Å². The van der Waals surface area contributed by atoms with Gasteiger partial charge < -0.3 is 20.0 Å². The van der Waals surface area contributed by atoms with Crippen molar-refractivity contribution in [3.05, 3.63) is 0 Å². The molecule has 0 spiro atoms. The summed E-state index contributed by atoms with van der Waals surface area (Å²) in [4.78, 5) is 23.4. The van der Waals surface area contributed by atoms with E-state index in [0.29, 0.717) is 12.5 Å². The molecule has 1 aliphatic rings. The van der Waals surface area contributed by atoms with Gasteiger partial charge >= 0.3 is 0 Å². The number of amides is 1. The molecule has 6 heteroatoms. The molecule has 1 atom stereocenters. The van der Waals surface area contributed by atoms with E-state index in [1.54, 1.807) is 0 Å². The van der Waals surface area contributed by atoms with Gasteiger partial charge in [0.2, 0.25) is 5.91 Å². The molecule has 1 fully saturated rings. The van der Waals surface area contributed by atoms with Crippen molar-refractivity contribution < 1.29 is 4.79 Å². The van der Waals surface area contributed by atoms with E-state index in [1.807, 2.05) is 30.7 Å². The van der Waals surface area contributed by atoms with Crippen LogP contribution in [0.2, 0.25) is 0 Å². The Hall–Kier alpha value is -1.30. The molecule has 0 saturated carbocycles. The Morgan fingerprint density at radius 2 is 1.96 bits per heavy atom. The van der Waals surface area contributed by atoms with Gasteiger partial charge in [0, 0.05) is 39.8 Å². The summed E-state index contributed by atoms with van der Waals surface area (Å²) in [5.41, 5.74) is 0. The Kier molecular flexibility index (Phi) is 9.76. The first-order valence-corrected chi connectivity index (χ1v) is 9.55. The Morgan fingerprint density at radius 3 is 2.54 bits per heavy atom. The van der Waals surface area contributed by atoms with Gasteiger partial charge in [-0.05, 0) is 52.6 Å².